The molecular formula is C25H27N5O2. The van der Waals surface area contributed by atoms with Crippen LogP contribution < -0.4 is 11.5 Å². The zero-order chi connectivity index (χ0) is 22.5. The van der Waals surface area contributed by atoms with Crippen LogP contribution in [0.25, 0.3) is 11.1 Å². The quantitative estimate of drug-likeness (QED) is 0.622. The minimum atomic E-state index is -0.479. The van der Waals surface area contributed by atoms with Crippen LogP contribution in [0, 0.1) is 0 Å². The van der Waals surface area contributed by atoms with E-state index in [4.69, 9.17) is 11.5 Å². The van der Waals surface area contributed by atoms with Crippen molar-refractivity contribution < 1.29 is 9.59 Å². The number of hydrogen-bond acceptors (Lipinski definition) is 5. The number of aryl methyl sites for hydroxylation is 1. The first kappa shape index (κ1) is 21.5. The molecule has 2 amide bonds. The summed E-state index contributed by atoms with van der Waals surface area (Å²) < 4.78 is 0. The van der Waals surface area contributed by atoms with Crippen molar-refractivity contribution in [2.24, 2.45) is 5.73 Å². The predicted molar refractivity (Wildman–Crippen MR) is 123 cm³/mol. The second kappa shape index (κ2) is 9.60. The van der Waals surface area contributed by atoms with Gasteiger partial charge < -0.3 is 16.4 Å². The van der Waals surface area contributed by atoms with Crippen LogP contribution in [0.5, 0.6) is 0 Å². The average Bonchev–Trinajstić information content (AvgIpc) is 2.83. The Morgan fingerprint density at radius 3 is 2.50 bits per heavy atom. The lowest BCUT2D eigenvalue weighted by molar-refractivity contribution is -0.135. The van der Waals surface area contributed by atoms with E-state index in [9.17, 15) is 9.59 Å². The van der Waals surface area contributed by atoms with Crippen molar-refractivity contribution in [3.05, 3.63) is 77.6 Å². The molecule has 32 heavy (non-hydrogen) atoms. The number of aromatic nitrogens is 2. The van der Waals surface area contributed by atoms with E-state index < -0.39 is 5.91 Å². The van der Waals surface area contributed by atoms with Crippen LogP contribution in [-0.4, -0.2) is 33.2 Å². The number of anilines is 1. The summed E-state index contributed by atoms with van der Waals surface area (Å²) >= 11 is 0. The molecule has 0 spiro atoms. The molecule has 3 aromatic rings. The Morgan fingerprint density at radius 2 is 1.78 bits per heavy atom. The lowest BCUT2D eigenvalue weighted by Gasteiger charge is -2.36. The molecule has 4 N–H and O–H groups in total. The molecule has 1 atom stereocenters. The molecule has 1 fully saturated rings. The van der Waals surface area contributed by atoms with Gasteiger partial charge in [-0.1, -0.05) is 42.5 Å². The molecule has 0 unspecified atom stereocenters. The maximum absolute atomic E-state index is 13.2. The van der Waals surface area contributed by atoms with Crippen LogP contribution in [0.3, 0.4) is 0 Å². The van der Waals surface area contributed by atoms with Crippen molar-refractivity contribution in [1.29, 1.82) is 0 Å². The summed E-state index contributed by atoms with van der Waals surface area (Å²) in [5.41, 5.74) is 15.3. The van der Waals surface area contributed by atoms with Gasteiger partial charge in [0.2, 0.25) is 17.8 Å². The summed E-state index contributed by atoms with van der Waals surface area (Å²) in [5.74, 6) is -0.182. The summed E-state index contributed by atoms with van der Waals surface area (Å²) in [6.07, 6.45) is 5.64. The van der Waals surface area contributed by atoms with Crippen molar-refractivity contribution >= 4 is 17.8 Å². The minimum absolute atomic E-state index is 0.116. The van der Waals surface area contributed by atoms with Crippen LogP contribution in [-0.2, 0) is 11.2 Å². The van der Waals surface area contributed by atoms with Gasteiger partial charge in [-0.15, -0.1) is 0 Å². The van der Waals surface area contributed by atoms with Crippen LogP contribution >= 0.6 is 0 Å². The van der Waals surface area contributed by atoms with Gasteiger partial charge in [-0.3, -0.25) is 9.59 Å². The molecule has 0 aliphatic carbocycles. The maximum Gasteiger partial charge on any atom is 0.248 e. The average molecular weight is 430 g/mol. The van der Waals surface area contributed by atoms with Crippen molar-refractivity contribution in [1.82, 2.24) is 14.9 Å². The Balaban J connectivity index is 1.62. The first-order chi connectivity index (χ1) is 15.5. The number of benzene rings is 2. The number of amides is 2. The lowest BCUT2D eigenvalue weighted by atomic mass is 9.93. The fraction of sp³-hybridized carbons (Fsp3) is 0.280. The van der Waals surface area contributed by atoms with E-state index in [0.717, 1.165) is 41.6 Å². The zero-order valence-electron chi connectivity index (χ0n) is 17.9. The van der Waals surface area contributed by atoms with Gasteiger partial charge in [-0.25, -0.2) is 9.97 Å². The summed E-state index contributed by atoms with van der Waals surface area (Å²) in [6, 6.07) is 16.9. The first-order valence-electron chi connectivity index (χ1n) is 10.9. The van der Waals surface area contributed by atoms with E-state index >= 15 is 0 Å². The number of piperidine rings is 1. The Kier molecular flexibility index (Phi) is 6.44. The molecule has 1 saturated heterocycles. The molecule has 7 nitrogen and oxygen atoms in total. The van der Waals surface area contributed by atoms with Crippen LogP contribution in [0.4, 0.5) is 5.95 Å². The van der Waals surface area contributed by atoms with Crippen LogP contribution in [0.15, 0.2) is 60.8 Å². The number of nitrogens with two attached hydrogens (primary N) is 2. The molecule has 7 heteroatoms. The topological polar surface area (TPSA) is 115 Å². The third kappa shape index (κ3) is 4.77. The Morgan fingerprint density at radius 1 is 1.03 bits per heavy atom. The van der Waals surface area contributed by atoms with Crippen LogP contribution in [0.1, 0.15) is 53.3 Å². The summed E-state index contributed by atoms with van der Waals surface area (Å²) in [6.45, 7) is 0.697. The monoisotopic (exact) mass is 429 g/mol. The van der Waals surface area contributed by atoms with E-state index in [0.29, 0.717) is 24.9 Å². The van der Waals surface area contributed by atoms with E-state index in [1.54, 1.807) is 18.3 Å². The number of rotatable bonds is 6. The number of hydrogen-bond donors (Lipinski definition) is 2. The van der Waals surface area contributed by atoms with Crippen molar-refractivity contribution in [2.75, 3.05) is 12.3 Å². The fourth-order valence-electron chi connectivity index (χ4n) is 4.25. The Bertz CT molecular complexity index is 1100. The molecule has 1 aromatic heterocycles. The molecule has 2 heterocycles. The standard InChI is InChI=1S/C25H27N5O2/c26-24(32)19-12-10-18(11-13-19)20-16-28-25(27)29-23(20)21-8-4-5-15-30(21)22(31)14-9-17-6-2-1-3-7-17/h1-3,6-7,10-13,16,21H,4-5,8-9,14-15H2,(H2,26,32)(H2,27,28,29)/t21-/m1/s1. The van der Waals surface area contributed by atoms with Gasteiger partial charge in [0, 0.05) is 30.3 Å². The predicted octanol–water partition coefficient (Wildman–Crippen LogP) is 3.51. The van der Waals surface area contributed by atoms with E-state index in [1.807, 2.05) is 47.4 Å². The van der Waals surface area contributed by atoms with Crippen molar-refractivity contribution in [3.63, 3.8) is 0 Å². The highest BCUT2D eigenvalue weighted by Gasteiger charge is 2.31. The van der Waals surface area contributed by atoms with Crippen molar-refractivity contribution in [3.8, 4) is 11.1 Å². The largest absolute Gasteiger partial charge is 0.368 e. The summed E-state index contributed by atoms with van der Waals surface area (Å²) in [5, 5.41) is 0. The lowest BCUT2D eigenvalue weighted by Crippen LogP contribution is -2.39. The third-order valence-electron chi connectivity index (χ3n) is 5.93. The van der Waals surface area contributed by atoms with Crippen LogP contribution in [0.2, 0.25) is 0 Å². The zero-order valence-corrected chi connectivity index (χ0v) is 17.9. The van der Waals surface area contributed by atoms with Gasteiger partial charge in [0.1, 0.15) is 0 Å². The summed E-state index contributed by atoms with van der Waals surface area (Å²) in [7, 11) is 0. The number of nitrogen functional groups attached to an aromatic ring is 1. The van der Waals surface area contributed by atoms with E-state index in [-0.39, 0.29) is 17.9 Å². The number of carbonyl (C=O) groups excluding carboxylic acids is 2. The Hall–Kier alpha value is -3.74. The number of nitrogens with zero attached hydrogens (tertiary/aromatic N) is 3. The second-order valence-corrected chi connectivity index (χ2v) is 8.05. The molecule has 1 aliphatic rings. The van der Waals surface area contributed by atoms with Gasteiger partial charge >= 0.3 is 0 Å². The maximum atomic E-state index is 13.2. The molecule has 0 radical (unpaired) electrons. The molecule has 0 bridgehead atoms. The van der Waals surface area contributed by atoms with Gasteiger partial charge in [-0.05, 0) is 48.9 Å². The van der Waals surface area contributed by atoms with Gasteiger partial charge in [-0.2, -0.15) is 0 Å². The fourth-order valence-corrected chi connectivity index (χ4v) is 4.25. The number of primary amides is 1. The number of carbonyl (C=O) groups is 2. The smallest absolute Gasteiger partial charge is 0.248 e. The molecule has 0 saturated carbocycles. The van der Waals surface area contributed by atoms with Gasteiger partial charge in [0.15, 0.2) is 0 Å². The third-order valence-corrected chi connectivity index (χ3v) is 5.93. The van der Waals surface area contributed by atoms with E-state index in [1.165, 1.54) is 0 Å². The van der Waals surface area contributed by atoms with E-state index in [2.05, 4.69) is 9.97 Å². The molecule has 2 aromatic carbocycles. The summed E-state index contributed by atoms with van der Waals surface area (Å²) in [4.78, 5) is 35.3. The minimum Gasteiger partial charge on any atom is -0.368 e. The van der Waals surface area contributed by atoms with Gasteiger partial charge in [0.05, 0.1) is 11.7 Å². The van der Waals surface area contributed by atoms with Gasteiger partial charge in [0.25, 0.3) is 0 Å². The molecular weight excluding hydrogens is 402 g/mol. The number of likely N-dealkylation sites (tertiary alicyclic amines) is 1. The van der Waals surface area contributed by atoms with Crippen molar-refractivity contribution in [2.45, 2.75) is 38.1 Å². The highest BCUT2D eigenvalue weighted by molar-refractivity contribution is 5.93. The molecule has 164 valence electrons. The highest BCUT2D eigenvalue weighted by Crippen LogP contribution is 2.36. The molecule has 1 aliphatic heterocycles. The Labute approximate surface area is 187 Å². The molecule has 4 rings (SSSR count). The highest BCUT2D eigenvalue weighted by atomic mass is 16.2. The SMILES string of the molecule is NC(=O)c1ccc(-c2cnc(N)nc2[C@H]2CCCCN2C(=O)CCc2ccccc2)cc1. The second-order valence-electron chi connectivity index (χ2n) is 8.05. The first-order valence-corrected chi connectivity index (χ1v) is 10.9. The normalized spacial score (nSPS) is 16.0.